The smallest absolute Gasteiger partial charge is 0.251 e. The van der Waals surface area contributed by atoms with E-state index in [1.165, 1.54) is 4.70 Å². The van der Waals surface area contributed by atoms with Gasteiger partial charge in [-0.15, -0.1) is 11.3 Å². The molecule has 0 saturated carbocycles. The Morgan fingerprint density at radius 2 is 1.82 bits per heavy atom. The van der Waals surface area contributed by atoms with Crippen molar-refractivity contribution in [1.29, 1.82) is 0 Å². The average molecular weight is 485 g/mol. The van der Waals surface area contributed by atoms with Crippen LogP contribution in [0.1, 0.15) is 47.0 Å². The average Bonchev–Trinajstić information content (AvgIpc) is 3.26. The van der Waals surface area contributed by atoms with E-state index < -0.39 is 11.9 Å². The molecule has 1 saturated heterocycles. The largest absolute Gasteiger partial charge is 0.370 e. The number of likely N-dealkylation sites (tertiary alicyclic amines) is 1. The second-order valence-electron chi connectivity index (χ2n) is 8.16. The van der Waals surface area contributed by atoms with Gasteiger partial charge in [0.1, 0.15) is 6.04 Å². The highest BCUT2D eigenvalue weighted by Crippen LogP contribution is 2.34. The molecule has 1 unspecified atom stereocenters. The van der Waals surface area contributed by atoms with Crippen LogP contribution in [-0.4, -0.2) is 46.7 Å². The first-order chi connectivity index (χ1) is 15.9. The molecular formula is C24H25ClN4O3S. The Kier molecular flexibility index (Phi) is 7.25. The van der Waals surface area contributed by atoms with E-state index >= 15 is 0 Å². The number of nitrogens with two attached hydrogens (primary N) is 1. The number of halogens is 1. The number of carbonyl (C=O) groups is 3. The van der Waals surface area contributed by atoms with Gasteiger partial charge in [0.05, 0.1) is 15.2 Å². The predicted octanol–water partition coefficient (Wildman–Crippen LogP) is 3.72. The molecule has 1 aliphatic rings. The normalized spacial score (nSPS) is 15.4. The lowest BCUT2D eigenvalue weighted by atomic mass is 9.96. The van der Waals surface area contributed by atoms with Crippen molar-refractivity contribution < 1.29 is 14.4 Å². The van der Waals surface area contributed by atoms with Crippen LogP contribution < -0.4 is 11.1 Å². The fourth-order valence-corrected chi connectivity index (χ4v) is 5.28. The van der Waals surface area contributed by atoms with E-state index in [0.29, 0.717) is 29.6 Å². The Morgan fingerprint density at radius 1 is 1.12 bits per heavy atom. The number of amides is 3. The molecule has 172 valence electrons. The first kappa shape index (κ1) is 23.2. The highest BCUT2D eigenvalue weighted by atomic mass is 35.5. The third-order valence-electron chi connectivity index (χ3n) is 5.86. The first-order valence-electron chi connectivity index (χ1n) is 10.9. The zero-order chi connectivity index (χ0) is 23.4. The van der Waals surface area contributed by atoms with Crippen LogP contribution in [0.5, 0.6) is 0 Å². The number of benzene rings is 2. The van der Waals surface area contributed by atoms with Gasteiger partial charge >= 0.3 is 0 Å². The minimum Gasteiger partial charge on any atom is -0.370 e. The quantitative estimate of drug-likeness (QED) is 0.533. The summed E-state index contributed by atoms with van der Waals surface area (Å²) in [5.74, 6) is -0.789. The molecule has 1 fully saturated rings. The monoisotopic (exact) mass is 484 g/mol. The molecule has 2 heterocycles. The zero-order valence-electron chi connectivity index (χ0n) is 18.0. The van der Waals surface area contributed by atoms with Crippen LogP contribution in [-0.2, 0) is 9.59 Å². The lowest BCUT2D eigenvalue weighted by Gasteiger charge is -2.33. The number of rotatable bonds is 7. The van der Waals surface area contributed by atoms with E-state index in [2.05, 4.69) is 11.4 Å². The van der Waals surface area contributed by atoms with Crippen molar-refractivity contribution in [2.45, 2.75) is 37.6 Å². The van der Waals surface area contributed by atoms with Crippen molar-refractivity contribution in [3.05, 3.63) is 64.1 Å². The van der Waals surface area contributed by atoms with Gasteiger partial charge < -0.3 is 16.0 Å². The molecular weight excluding hydrogens is 460 g/mol. The molecule has 1 aliphatic heterocycles. The van der Waals surface area contributed by atoms with Crippen LogP contribution in [0.3, 0.4) is 0 Å². The summed E-state index contributed by atoms with van der Waals surface area (Å²) in [6, 6.07) is 13.7. The molecule has 4 rings (SSSR count). The van der Waals surface area contributed by atoms with Gasteiger partial charge in [0.15, 0.2) is 0 Å². The van der Waals surface area contributed by atoms with Gasteiger partial charge in [0, 0.05) is 36.0 Å². The molecule has 33 heavy (non-hydrogen) atoms. The third kappa shape index (κ3) is 5.69. The Hall–Kier alpha value is -2.97. The molecule has 3 amide bonds. The Morgan fingerprint density at radius 3 is 2.48 bits per heavy atom. The lowest BCUT2D eigenvalue weighted by molar-refractivity contribution is -0.134. The summed E-state index contributed by atoms with van der Waals surface area (Å²) in [6.45, 7) is 1.15. The molecule has 0 radical (unpaired) electrons. The van der Waals surface area contributed by atoms with E-state index in [1.807, 2.05) is 18.2 Å². The number of carbonyl (C=O) groups excluding carboxylic acids is 3. The minimum absolute atomic E-state index is 0.0134. The van der Waals surface area contributed by atoms with E-state index in [0.717, 1.165) is 23.4 Å². The summed E-state index contributed by atoms with van der Waals surface area (Å²) in [6.07, 6.45) is 1.78. The van der Waals surface area contributed by atoms with E-state index in [9.17, 15) is 14.4 Å². The standard InChI is InChI=1S/C24H25ClN4O3S/c25-17-7-5-15(6-8-17)22(31)27-19(9-10-21(26)30)24(32)29-13-11-16(12-14-29)23-28-18-3-1-2-4-20(18)33-23/h1-8,16,19H,9-14H2,(H2,26,30)(H,27,31). The number of nitrogens with zero attached hydrogens (tertiary/aromatic N) is 2. The van der Waals surface area contributed by atoms with Gasteiger partial charge in [-0.05, 0) is 55.7 Å². The fraction of sp³-hybridized carbons (Fsp3) is 0.333. The highest BCUT2D eigenvalue weighted by molar-refractivity contribution is 7.18. The van der Waals surface area contributed by atoms with Gasteiger partial charge in [-0.3, -0.25) is 14.4 Å². The molecule has 1 aromatic heterocycles. The summed E-state index contributed by atoms with van der Waals surface area (Å²) in [5, 5.41) is 4.39. The Bertz CT molecular complexity index is 1120. The Labute approximate surface area is 200 Å². The summed E-state index contributed by atoms with van der Waals surface area (Å²) >= 11 is 7.60. The van der Waals surface area contributed by atoms with E-state index in [4.69, 9.17) is 22.3 Å². The van der Waals surface area contributed by atoms with Crippen molar-refractivity contribution in [2.75, 3.05) is 13.1 Å². The molecule has 3 aromatic rings. The lowest BCUT2D eigenvalue weighted by Crippen LogP contribution is -2.50. The van der Waals surface area contributed by atoms with Crippen molar-refractivity contribution >= 4 is 50.9 Å². The van der Waals surface area contributed by atoms with Gasteiger partial charge in [-0.25, -0.2) is 4.98 Å². The van der Waals surface area contributed by atoms with Crippen LogP contribution in [0.4, 0.5) is 0 Å². The maximum Gasteiger partial charge on any atom is 0.251 e. The van der Waals surface area contributed by atoms with Gasteiger partial charge in [0.25, 0.3) is 5.91 Å². The minimum atomic E-state index is -0.820. The van der Waals surface area contributed by atoms with E-state index in [1.54, 1.807) is 40.5 Å². The number of para-hydroxylation sites is 1. The number of hydrogen-bond donors (Lipinski definition) is 2. The molecule has 7 nitrogen and oxygen atoms in total. The fourth-order valence-electron chi connectivity index (χ4n) is 4.02. The predicted molar refractivity (Wildman–Crippen MR) is 129 cm³/mol. The van der Waals surface area contributed by atoms with Crippen molar-refractivity contribution in [1.82, 2.24) is 15.2 Å². The van der Waals surface area contributed by atoms with Crippen LogP contribution in [0.15, 0.2) is 48.5 Å². The number of primary amides is 1. The molecule has 0 spiro atoms. The molecule has 1 atom stereocenters. The summed E-state index contributed by atoms with van der Waals surface area (Å²) in [4.78, 5) is 43.8. The summed E-state index contributed by atoms with van der Waals surface area (Å²) < 4.78 is 1.17. The second kappa shape index (κ2) is 10.3. The number of piperidine rings is 1. The maximum atomic E-state index is 13.2. The number of hydrogen-bond acceptors (Lipinski definition) is 5. The molecule has 2 aromatic carbocycles. The van der Waals surface area contributed by atoms with E-state index in [-0.39, 0.29) is 24.7 Å². The number of nitrogens with one attached hydrogen (secondary N) is 1. The highest BCUT2D eigenvalue weighted by Gasteiger charge is 2.31. The summed E-state index contributed by atoms with van der Waals surface area (Å²) in [7, 11) is 0. The van der Waals surface area contributed by atoms with Crippen molar-refractivity contribution in [3.8, 4) is 0 Å². The van der Waals surface area contributed by atoms with Crippen LogP contribution >= 0.6 is 22.9 Å². The third-order valence-corrected chi connectivity index (χ3v) is 7.31. The molecule has 0 aliphatic carbocycles. The van der Waals surface area contributed by atoms with Crippen LogP contribution in [0, 0.1) is 0 Å². The van der Waals surface area contributed by atoms with Crippen LogP contribution in [0.2, 0.25) is 5.02 Å². The van der Waals surface area contributed by atoms with Crippen molar-refractivity contribution in [3.63, 3.8) is 0 Å². The Balaban J connectivity index is 1.40. The number of aromatic nitrogens is 1. The summed E-state index contributed by atoms with van der Waals surface area (Å²) in [5.41, 5.74) is 6.70. The van der Waals surface area contributed by atoms with Crippen molar-refractivity contribution in [2.24, 2.45) is 5.73 Å². The number of thiazole rings is 1. The van der Waals surface area contributed by atoms with Crippen LogP contribution in [0.25, 0.3) is 10.2 Å². The SMILES string of the molecule is NC(=O)CCC(NC(=O)c1ccc(Cl)cc1)C(=O)N1CCC(c2nc3ccccc3s2)CC1. The molecule has 3 N–H and O–H groups in total. The molecule has 9 heteroatoms. The van der Waals surface area contributed by atoms with Gasteiger partial charge in [-0.2, -0.15) is 0 Å². The van der Waals surface area contributed by atoms with Gasteiger partial charge in [-0.1, -0.05) is 23.7 Å². The number of fused-ring (bicyclic) bond motifs is 1. The second-order valence-corrected chi connectivity index (χ2v) is 9.66. The topological polar surface area (TPSA) is 105 Å². The maximum absolute atomic E-state index is 13.2. The first-order valence-corrected chi connectivity index (χ1v) is 12.1. The molecule has 0 bridgehead atoms. The van der Waals surface area contributed by atoms with Gasteiger partial charge in [0.2, 0.25) is 11.8 Å². The zero-order valence-corrected chi connectivity index (χ0v) is 19.6.